The fraction of sp³-hybridized carbons (Fsp3) is 0.290. The Hall–Kier alpha value is -3.77. The van der Waals surface area contributed by atoms with E-state index < -0.39 is 17.7 Å². The number of ether oxygens (including phenoxy) is 2. The fourth-order valence-electron chi connectivity index (χ4n) is 4.63. The summed E-state index contributed by atoms with van der Waals surface area (Å²) in [5.74, 6) is -0.369. The summed E-state index contributed by atoms with van der Waals surface area (Å²) >= 11 is 6.14. The van der Waals surface area contributed by atoms with Crippen molar-refractivity contribution in [1.82, 2.24) is 0 Å². The van der Waals surface area contributed by atoms with Gasteiger partial charge in [0.05, 0.1) is 24.8 Å². The smallest absolute Gasteiger partial charge is 0.300 e. The summed E-state index contributed by atoms with van der Waals surface area (Å²) in [6.45, 7) is 11.0. The number of ketones is 1. The molecular formula is C31H32ClNO5. The Labute approximate surface area is 228 Å². The van der Waals surface area contributed by atoms with Crippen molar-refractivity contribution in [2.24, 2.45) is 0 Å². The zero-order valence-electron chi connectivity index (χ0n) is 22.2. The van der Waals surface area contributed by atoms with Crippen LogP contribution in [0, 0.1) is 0 Å². The van der Waals surface area contributed by atoms with Crippen LogP contribution in [0.5, 0.6) is 11.5 Å². The highest BCUT2D eigenvalue weighted by Crippen LogP contribution is 2.43. The fourth-order valence-corrected chi connectivity index (χ4v) is 4.76. The number of benzene rings is 3. The first-order valence-electron chi connectivity index (χ1n) is 12.6. The summed E-state index contributed by atoms with van der Waals surface area (Å²) in [7, 11) is 0. The lowest BCUT2D eigenvalue weighted by molar-refractivity contribution is -0.132. The number of carbonyl (C=O) groups excluding carboxylic acids is 2. The van der Waals surface area contributed by atoms with E-state index in [0.29, 0.717) is 46.5 Å². The second-order valence-electron chi connectivity index (χ2n) is 10.0. The van der Waals surface area contributed by atoms with Gasteiger partial charge in [0.2, 0.25) is 0 Å². The van der Waals surface area contributed by atoms with Gasteiger partial charge in [0.25, 0.3) is 11.7 Å². The first-order valence-corrected chi connectivity index (χ1v) is 13.0. The van der Waals surface area contributed by atoms with Crippen molar-refractivity contribution in [1.29, 1.82) is 0 Å². The molecular weight excluding hydrogens is 502 g/mol. The summed E-state index contributed by atoms with van der Waals surface area (Å²) in [6, 6.07) is 18.3. The molecule has 1 aliphatic rings. The predicted octanol–water partition coefficient (Wildman–Crippen LogP) is 7.06. The molecule has 38 heavy (non-hydrogen) atoms. The first-order chi connectivity index (χ1) is 18.1. The number of aliphatic hydroxyl groups is 1. The number of hydrogen-bond acceptors (Lipinski definition) is 5. The highest BCUT2D eigenvalue weighted by molar-refractivity contribution is 6.51. The van der Waals surface area contributed by atoms with Crippen LogP contribution in [0.25, 0.3) is 5.76 Å². The van der Waals surface area contributed by atoms with E-state index in [1.807, 2.05) is 40.7 Å². The van der Waals surface area contributed by atoms with E-state index in [2.05, 4.69) is 0 Å². The van der Waals surface area contributed by atoms with E-state index in [1.165, 1.54) is 4.90 Å². The Balaban J connectivity index is 1.90. The number of anilines is 1. The topological polar surface area (TPSA) is 76.1 Å². The van der Waals surface area contributed by atoms with E-state index in [-0.39, 0.29) is 16.7 Å². The van der Waals surface area contributed by atoms with Crippen LogP contribution in [0.15, 0.2) is 72.3 Å². The van der Waals surface area contributed by atoms with Crippen molar-refractivity contribution in [3.63, 3.8) is 0 Å². The number of carbonyl (C=O) groups is 2. The molecule has 1 N–H and O–H groups in total. The largest absolute Gasteiger partial charge is 0.507 e. The zero-order chi connectivity index (χ0) is 27.6. The van der Waals surface area contributed by atoms with Gasteiger partial charge in [0.15, 0.2) is 0 Å². The normalized spacial score (nSPS) is 17.1. The maximum Gasteiger partial charge on any atom is 0.300 e. The lowest BCUT2D eigenvalue weighted by Gasteiger charge is -2.26. The monoisotopic (exact) mass is 533 g/mol. The lowest BCUT2D eigenvalue weighted by atomic mass is 9.84. The van der Waals surface area contributed by atoms with Crippen molar-refractivity contribution < 1.29 is 24.2 Å². The van der Waals surface area contributed by atoms with Gasteiger partial charge < -0.3 is 14.6 Å². The van der Waals surface area contributed by atoms with Gasteiger partial charge in [0, 0.05) is 21.8 Å². The Morgan fingerprint density at radius 1 is 0.921 bits per heavy atom. The van der Waals surface area contributed by atoms with Gasteiger partial charge in [-0.1, -0.05) is 44.5 Å². The van der Waals surface area contributed by atoms with Gasteiger partial charge in [-0.25, -0.2) is 0 Å². The molecule has 1 saturated heterocycles. The van der Waals surface area contributed by atoms with Crippen molar-refractivity contribution in [3.05, 3.63) is 94.0 Å². The van der Waals surface area contributed by atoms with Gasteiger partial charge in [-0.15, -0.1) is 0 Å². The number of Topliss-reactive ketones (excluding diaryl/α,β-unsaturated/α-hetero) is 1. The number of hydrogen-bond donors (Lipinski definition) is 1. The molecule has 7 heteroatoms. The Morgan fingerprint density at radius 3 is 2.13 bits per heavy atom. The molecule has 0 spiro atoms. The average Bonchev–Trinajstić information content (AvgIpc) is 3.15. The van der Waals surface area contributed by atoms with Gasteiger partial charge in [-0.05, 0) is 79.4 Å². The Kier molecular flexibility index (Phi) is 7.83. The van der Waals surface area contributed by atoms with Crippen LogP contribution in [0.2, 0.25) is 5.02 Å². The summed E-state index contributed by atoms with van der Waals surface area (Å²) in [6.07, 6.45) is 0. The summed E-state index contributed by atoms with van der Waals surface area (Å²) < 4.78 is 11.3. The molecule has 1 aliphatic heterocycles. The molecule has 6 nitrogen and oxygen atoms in total. The molecule has 0 aromatic heterocycles. The SMILES string of the molecule is CCOc1ccc(N2C(=O)C(=O)/C(=C(\O)c3ccc(OCC)c(C(C)(C)C)c3)C2c2ccc(Cl)cc2)cc1. The number of halogens is 1. The average molecular weight is 534 g/mol. The Bertz CT molecular complexity index is 1370. The zero-order valence-corrected chi connectivity index (χ0v) is 23.0. The predicted molar refractivity (Wildman–Crippen MR) is 150 cm³/mol. The maximum absolute atomic E-state index is 13.5. The van der Waals surface area contributed by atoms with E-state index in [1.54, 1.807) is 60.7 Å². The van der Waals surface area contributed by atoms with Gasteiger partial charge in [-0.3, -0.25) is 14.5 Å². The highest BCUT2D eigenvalue weighted by Gasteiger charge is 2.47. The molecule has 1 unspecified atom stereocenters. The van der Waals surface area contributed by atoms with Crippen LogP contribution in [0.3, 0.4) is 0 Å². The summed E-state index contributed by atoms with van der Waals surface area (Å²) in [4.78, 5) is 28.3. The number of rotatable bonds is 7. The van der Waals surface area contributed by atoms with Crippen molar-refractivity contribution >= 4 is 34.7 Å². The molecule has 0 radical (unpaired) electrons. The molecule has 1 heterocycles. The van der Waals surface area contributed by atoms with Crippen LogP contribution >= 0.6 is 11.6 Å². The van der Waals surface area contributed by atoms with E-state index in [4.69, 9.17) is 21.1 Å². The van der Waals surface area contributed by atoms with Crippen molar-refractivity contribution in [2.45, 2.75) is 46.1 Å². The number of nitrogens with zero attached hydrogens (tertiary/aromatic N) is 1. The van der Waals surface area contributed by atoms with Crippen molar-refractivity contribution in [3.8, 4) is 11.5 Å². The van der Waals surface area contributed by atoms with Crippen molar-refractivity contribution in [2.75, 3.05) is 18.1 Å². The summed E-state index contributed by atoms with van der Waals surface area (Å²) in [5.41, 5.74) is 2.19. The van der Waals surface area contributed by atoms with Crippen LogP contribution in [0.1, 0.15) is 57.4 Å². The minimum atomic E-state index is -0.852. The second kappa shape index (κ2) is 10.9. The standard InChI is InChI=1S/C31H32ClNO5/c1-6-37-23-15-13-22(14-16-23)33-27(19-8-11-21(32)12-9-19)26(29(35)30(33)36)28(34)20-10-17-25(38-7-2)24(18-20)31(3,4)5/h8-18,27,34H,6-7H2,1-5H3/b28-26-. The second-order valence-corrected chi connectivity index (χ2v) is 10.5. The van der Waals surface area contributed by atoms with Crippen LogP contribution < -0.4 is 14.4 Å². The van der Waals surface area contributed by atoms with E-state index in [9.17, 15) is 14.7 Å². The quantitative estimate of drug-likeness (QED) is 0.200. The molecule has 1 amide bonds. The van der Waals surface area contributed by atoms with Gasteiger partial charge >= 0.3 is 0 Å². The summed E-state index contributed by atoms with van der Waals surface area (Å²) in [5, 5.41) is 12.1. The minimum Gasteiger partial charge on any atom is -0.507 e. The number of amides is 1. The lowest BCUT2D eigenvalue weighted by Crippen LogP contribution is -2.29. The third kappa shape index (κ3) is 5.27. The highest BCUT2D eigenvalue weighted by atomic mass is 35.5. The van der Waals surface area contributed by atoms with Crippen LogP contribution in [-0.4, -0.2) is 30.0 Å². The Morgan fingerprint density at radius 2 is 1.55 bits per heavy atom. The van der Waals surface area contributed by atoms with E-state index >= 15 is 0 Å². The minimum absolute atomic E-state index is 0.00947. The molecule has 4 rings (SSSR count). The molecule has 0 saturated carbocycles. The first kappa shape index (κ1) is 27.3. The van der Waals surface area contributed by atoms with Crippen LogP contribution in [-0.2, 0) is 15.0 Å². The molecule has 0 bridgehead atoms. The van der Waals surface area contributed by atoms with Gasteiger partial charge in [-0.2, -0.15) is 0 Å². The molecule has 0 aliphatic carbocycles. The maximum atomic E-state index is 13.5. The molecule has 198 valence electrons. The molecule has 3 aromatic carbocycles. The third-order valence-corrected chi connectivity index (χ3v) is 6.67. The molecule has 1 fully saturated rings. The van der Waals surface area contributed by atoms with E-state index in [0.717, 1.165) is 5.56 Å². The van der Waals surface area contributed by atoms with Crippen LogP contribution in [0.4, 0.5) is 5.69 Å². The number of aliphatic hydroxyl groups excluding tert-OH is 1. The molecule has 3 aromatic rings. The van der Waals surface area contributed by atoms with Gasteiger partial charge in [0.1, 0.15) is 17.3 Å². The third-order valence-electron chi connectivity index (χ3n) is 6.42. The molecule has 1 atom stereocenters.